The fourth-order valence-corrected chi connectivity index (χ4v) is 3.41. The maximum absolute atomic E-state index is 6.17. The van der Waals surface area contributed by atoms with Crippen molar-refractivity contribution in [3.05, 3.63) is 28.8 Å². The maximum atomic E-state index is 6.17. The molecule has 0 aliphatic carbocycles. The molecule has 5 heteroatoms. The lowest BCUT2D eigenvalue weighted by atomic mass is 10.1. The van der Waals surface area contributed by atoms with E-state index in [4.69, 9.17) is 21.1 Å². The first kappa shape index (κ1) is 15.1. The van der Waals surface area contributed by atoms with Crippen LogP contribution in [0.25, 0.3) is 0 Å². The van der Waals surface area contributed by atoms with Gasteiger partial charge < -0.3 is 19.7 Å². The van der Waals surface area contributed by atoms with E-state index in [9.17, 15) is 0 Å². The number of nitrogens with one attached hydrogen (secondary N) is 1. The monoisotopic (exact) mass is 310 g/mol. The highest BCUT2D eigenvalue weighted by Gasteiger charge is 2.34. The Morgan fingerprint density at radius 2 is 2.10 bits per heavy atom. The Kier molecular flexibility index (Phi) is 5.01. The number of halogens is 1. The molecule has 0 radical (unpaired) electrons. The van der Waals surface area contributed by atoms with Crippen molar-refractivity contribution in [3.63, 3.8) is 0 Å². The van der Waals surface area contributed by atoms with Crippen LogP contribution in [0.3, 0.4) is 0 Å². The van der Waals surface area contributed by atoms with Crippen LogP contribution in [0.4, 0.5) is 5.69 Å². The van der Waals surface area contributed by atoms with Crippen molar-refractivity contribution in [1.29, 1.82) is 0 Å². The molecule has 21 heavy (non-hydrogen) atoms. The van der Waals surface area contributed by atoms with Crippen LogP contribution in [0.1, 0.15) is 18.4 Å². The van der Waals surface area contributed by atoms with Crippen LogP contribution in [0, 0.1) is 0 Å². The van der Waals surface area contributed by atoms with Crippen molar-refractivity contribution in [1.82, 2.24) is 5.32 Å². The number of methoxy groups -OCH3 is 1. The maximum Gasteiger partial charge on any atom is 0.0755 e. The van der Waals surface area contributed by atoms with Crippen LogP contribution >= 0.6 is 11.6 Å². The molecular formula is C16H23ClN2O2. The molecule has 116 valence electrons. The second-order valence-corrected chi connectivity index (χ2v) is 6.24. The Morgan fingerprint density at radius 1 is 1.33 bits per heavy atom. The van der Waals surface area contributed by atoms with Gasteiger partial charge in [-0.05, 0) is 36.6 Å². The van der Waals surface area contributed by atoms with Crippen molar-refractivity contribution in [2.75, 3.05) is 38.3 Å². The smallest absolute Gasteiger partial charge is 0.0755 e. The topological polar surface area (TPSA) is 33.7 Å². The number of nitrogens with zero attached hydrogens (tertiary/aromatic N) is 1. The average molecular weight is 311 g/mol. The van der Waals surface area contributed by atoms with E-state index in [1.165, 1.54) is 24.1 Å². The standard InChI is InChI=1S/C16H23ClN2O2/c1-20-7-6-18-9-12-8-13(17)2-5-16(12)19-10-14-3-4-15(11-19)21-14/h2,5,8,14-15,18H,3-4,6-7,9-11H2,1H3. The number of hydrogen-bond acceptors (Lipinski definition) is 4. The summed E-state index contributed by atoms with van der Waals surface area (Å²) in [5.74, 6) is 0. The van der Waals surface area contributed by atoms with Gasteiger partial charge in [0.15, 0.2) is 0 Å². The van der Waals surface area contributed by atoms with Gasteiger partial charge in [-0.15, -0.1) is 0 Å². The highest BCUT2D eigenvalue weighted by atomic mass is 35.5. The summed E-state index contributed by atoms with van der Waals surface area (Å²) in [6.45, 7) is 4.35. The summed E-state index contributed by atoms with van der Waals surface area (Å²) in [6.07, 6.45) is 3.18. The zero-order chi connectivity index (χ0) is 14.7. The predicted octanol–water partition coefficient (Wildman–Crippen LogP) is 2.44. The number of rotatable bonds is 6. The Morgan fingerprint density at radius 3 is 2.81 bits per heavy atom. The van der Waals surface area contributed by atoms with Gasteiger partial charge in [0.05, 0.1) is 18.8 Å². The number of morpholine rings is 1. The van der Waals surface area contributed by atoms with Crippen molar-refractivity contribution < 1.29 is 9.47 Å². The summed E-state index contributed by atoms with van der Waals surface area (Å²) in [6, 6.07) is 6.18. The Labute approximate surface area is 131 Å². The molecule has 1 N–H and O–H groups in total. The minimum atomic E-state index is 0.397. The molecule has 2 aliphatic heterocycles. The third-order valence-corrected chi connectivity index (χ3v) is 4.46. The summed E-state index contributed by atoms with van der Waals surface area (Å²) in [4.78, 5) is 2.45. The van der Waals surface area contributed by atoms with Gasteiger partial charge >= 0.3 is 0 Å². The molecule has 2 atom stereocenters. The zero-order valence-corrected chi connectivity index (χ0v) is 13.2. The Bertz CT molecular complexity index is 471. The Hall–Kier alpha value is -0.810. The quantitative estimate of drug-likeness (QED) is 0.818. The van der Waals surface area contributed by atoms with Crippen LogP contribution in [-0.2, 0) is 16.0 Å². The van der Waals surface area contributed by atoms with E-state index >= 15 is 0 Å². The van der Waals surface area contributed by atoms with Gasteiger partial charge in [0.2, 0.25) is 0 Å². The summed E-state index contributed by atoms with van der Waals surface area (Å²) >= 11 is 6.17. The Balaban J connectivity index is 1.71. The van der Waals surface area contributed by atoms with Crippen molar-refractivity contribution >= 4 is 17.3 Å². The minimum absolute atomic E-state index is 0.397. The van der Waals surface area contributed by atoms with Crippen molar-refractivity contribution in [2.45, 2.75) is 31.6 Å². The largest absolute Gasteiger partial charge is 0.383 e. The number of benzene rings is 1. The van der Waals surface area contributed by atoms with Gasteiger partial charge in [-0.3, -0.25) is 0 Å². The molecule has 2 unspecified atom stereocenters. The van der Waals surface area contributed by atoms with Gasteiger partial charge in [-0.25, -0.2) is 0 Å². The molecule has 1 aromatic carbocycles. The minimum Gasteiger partial charge on any atom is -0.383 e. The lowest BCUT2D eigenvalue weighted by Gasteiger charge is -2.35. The molecular weight excluding hydrogens is 288 g/mol. The predicted molar refractivity (Wildman–Crippen MR) is 85.1 cm³/mol. The van der Waals surface area contributed by atoms with E-state index < -0.39 is 0 Å². The van der Waals surface area contributed by atoms with Gasteiger partial charge in [-0.2, -0.15) is 0 Å². The average Bonchev–Trinajstić information content (AvgIpc) is 2.82. The fraction of sp³-hybridized carbons (Fsp3) is 0.625. The van der Waals surface area contributed by atoms with Gasteiger partial charge in [-0.1, -0.05) is 11.6 Å². The third-order valence-electron chi connectivity index (χ3n) is 4.22. The molecule has 0 spiro atoms. The van der Waals surface area contributed by atoms with Gasteiger partial charge in [0.1, 0.15) is 0 Å². The van der Waals surface area contributed by atoms with E-state index in [-0.39, 0.29) is 0 Å². The van der Waals surface area contributed by atoms with Crippen LogP contribution in [0.2, 0.25) is 5.02 Å². The lowest BCUT2D eigenvalue weighted by molar-refractivity contribution is 0.0304. The number of hydrogen-bond donors (Lipinski definition) is 1. The first-order chi connectivity index (χ1) is 10.3. The van der Waals surface area contributed by atoms with E-state index in [0.29, 0.717) is 12.2 Å². The fourth-order valence-electron chi connectivity index (χ4n) is 3.21. The lowest BCUT2D eigenvalue weighted by Crippen LogP contribution is -2.43. The van der Waals surface area contributed by atoms with E-state index in [2.05, 4.69) is 22.3 Å². The normalized spacial score (nSPS) is 24.6. The van der Waals surface area contributed by atoms with Crippen molar-refractivity contribution in [3.8, 4) is 0 Å². The highest BCUT2D eigenvalue weighted by Crippen LogP contribution is 2.32. The first-order valence-electron chi connectivity index (χ1n) is 7.65. The van der Waals surface area contributed by atoms with E-state index in [1.54, 1.807) is 7.11 Å². The number of fused-ring (bicyclic) bond motifs is 2. The highest BCUT2D eigenvalue weighted by molar-refractivity contribution is 6.30. The summed E-state index contributed by atoms with van der Waals surface area (Å²) in [5.41, 5.74) is 2.53. The molecule has 4 nitrogen and oxygen atoms in total. The van der Waals surface area contributed by atoms with Gasteiger partial charge in [0.25, 0.3) is 0 Å². The summed E-state index contributed by atoms with van der Waals surface area (Å²) < 4.78 is 11.0. The first-order valence-corrected chi connectivity index (χ1v) is 8.02. The van der Waals surface area contributed by atoms with Gasteiger partial charge in [0, 0.05) is 44.0 Å². The van der Waals surface area contributed by atoms with Crippen LogP contribution < -0.4 is 10.2 Å². The van der Waals surface area contributed by atoms with Crippen LogP contribution in [-0.4, -0.2) is 45.6 Å². The number of ether oxygens (including phenoxy) is 2. The number of anilines is 1. The molecule has 2 fully saturated rings. The molecule has 3 rings (SSSR count). The van der Waals surface area contributed by atoms with Crippen molar-refractivity contribution in [2.24, 2.45) is 0 Å². The molecule has 2 heterocycles. The van der Waals surface area contributed by atoms with E-state index in [1.807, 2.05) is 6.07 Å². The molecule has 2 aliphatic rings. The zero-order valence-electron chi connectivity index (χ0n) is 12.5. The summed E-state index contributed by atoms with van der Waals surface area (Å²) in [7, 11) is 1.72. The summed E-state index contributed by atoms with van der Waals surface area (Å²) in [5, 5.41) is 4.20. The molecule has 2 bridgehead atoms. The second-order valence-electron chi connectivity index (χ2n) is 5.81. The molecule has 2 saturated heterocycles. The molecule has 0 amide bonds. The van der Waals surface area contributed by atoms with E-state index in [0.717, 1.165) is 37.8 Å². The SMILES string of the molecule is COCCNCc1cc(Cl)ccc1N1CC2CCC(C1)O2. The second kappa shape index (κ2) is 6.97. The third kappa shape index (κ3) is 3.69. The molecule has 1 aromatic rings. The van der Waals surface area contributed by atoms with Crippen LogP contribution in [0.5, 0.6) is 0 Å². The molecule has 0 saturated carbocycles. The molecule has 0 aromatic heterocycles. The van der Waals surface area contributed by atoms with Crippen LogP contribution in [0.15, 0.2) is 18.2 Å².